The van der Waals surface area contributed by atoms with Crippen LogP contribution in [0.15, 0.2) is 71.7 Å². The van der Waals surface area contributed by atoms with Crippen molar-refractivity contribution in [2.45, 2.75) is 0 Å². The van der Waals surface area contributed by atoms with Crippen LogP contribution in [0, 0.1) is 0 Å². The highest BCUT2D eigenvalue weighted by molar-refractivity contribution is 5.91. The summed E-state index contributed by atoms with van der Waals surface area (Å²) in [4.78, 5) is 15.1. The van der Waals surface area contributed by atoms with E-state index < -0.39 is 5.97 Å². The first-order valence-electron chi connectivity index (χ1n) is 6.58. The molecule has 0 aliphatic rings. The highest BCUT2D eigenvalue weighted by atomic mass is 16.4. The predicted molar refractivity (Wildman–Crippen MR) is 84.6 cm³/mol. The molecular weight excluding hydrogens is 262 g/mol. The maximum absolute atomic E-state index is 10.8. The van der Waals surface area contributed by atoms with Gasteiger partial charge in [-0.1, -0.05) is 36.4 Å². The molecule has 21 heavy (non-hydrogen) atoms. The van der Waals surface area contributed by atoms with Gasteiger partial charge in [0.05, 0.1) is 11.3 Å². The molecule has 3 aromatic carbocycles. The Bertz CT molecular complexity index is 820. The fourth-order valence-corrected chi connectivity index (χ4v) is 2.13. The van der Waals surface area contributed by atoms with Crippen LogP contribution in [0.5, 0.6) is 0 Å². The number of hydrogen-bond donors (Lipinski definition) is 1. The zero-order valence-corrected chi connectivity index (χ0v) is 11.2. The highest BCUT2D eigenvalue weighted by Crippen LogP contribution is 2.16. The van der Waals surface area contributed by atoms with Gasteiger partial charge in [-0.15, -0.1) is 0 Å². The fourth-order valence-electron chi connectivity index (χ4n) is 2.13. The fraction of sp³-hybridized carbons (Fsp3) is 0. The molecule has 0 radical (unpaired) electrons. The van der Waals surface area contributed by atoms with E-state index in [9.17, 15) is 4.79 Å². The molecule has 3 aromatic rings. The van der Waals surface area contributed by atoms with Gasteiger partial charge in [0.2, 0.25) is 0 Å². The summed E-state index contributed by atoms with van der Waals surface area (Å²) in [6, 6.07) is 20.8. The van der Waals surface area contributed by atoms with Crippen LogP contribution in [0.25, 0.3) is 10.8 Å². The molecule has 0 spiro atoms. The first kappa shape index (κ1) is 13.1. The van der Waals surface area contributed by atoms with Crippen LogP contribution in [-0.2, 0) is 0 Å². The van der Waals surface area contributed by atoms with E-state index in [1.165, 1.54) is 10.8 Å². The maximum atomic E-state index is 10.8. The van der Waals surface area contributed by atoms with Crippen molar-refractivity contribution in [3.05, 3.63) is 77.9 Å². The number of fused-ring (bicyclic) bond motifs is 1. The molecule has 1 N–H and O–H groups in total. The standard InChI is InChI=1S/C18H13NO2/c20-18(21)15-7-9-17(10-8-15)19-12-13-5-6-14-3-1-2-4-16(14)11-13/h1-12H,(H,20,21). The summed E-state index contributed by atoms with van der Waals surface area (Å²) in [6.45, 7) is 0. The van der Waals surface area contributed by atoms with Crippen molar-refractivity contribution >= 4 is 28.6 Å². The van der Waals surface area contributed by atoms with E-state index in [0.29, 0.717) is 0 Å². The van der Waals surface area contributed by atoms with Crippen molar-refractivity contribution in [3.63, 3.8) is 0 Å². The average molecular weight is 275 g/mol. The maximum Gasteiger partial charge on any atom is 0.335 e. The van der Waals surface area contributed by atoms with E-state index >= 15 is 0 Å². The Morgan fingerprint density at radius 2 is 1.62 bits per heavy atom. The van der Waals surface area contributed by atoms with Crippen molar-refractivity contribution in [1.29, 1.82) is 0 Å². The van der Waals surface area contributed by atoms with Gasteiger partial charge in [-0.05, 0) is 46.7 Å². The third-order valence-electron chi connectivity index (χ3n) is 3.25. The number of aliphatic imine (C=N–C) groups is 1. The summed E-state index contributed by atoms with van der Waals surface area (Å²) in [5, 5.41) is 11.2. The van der Waals surface area contributed by atoms with Crippen LogP contribution in [0.3, 0.4) is 0 Å². The largest absolute Gasteiger partial charge is 0.478 e. The minimum Gasteiger partial charge on any atom is -0.478 e. The number of carboxylic acid groups (broad SMARTS) is 1. The van der Waals surface area contributed by atoms with Crippen LogP contribution in [0.4, 0.5) is 5.69 Å². The van der Waals surface area contributed by atoms with E-state index in [2.05, 4.69) is 29.3 Å². The predicted octanol–water partition coefficient (Wildman–Crippen LogP) is 4.29. The molecule has 3 nitrogen and oxygen atoms in total. The minimum absolute atomic E-state index is 0.264. The number of aromatic carboxylic acids is 1. The average Bonchev–Trinajstić information content (AvgIpc) is 2.53. The number of rotatable bonds is 3. The molecule has 0 amide bonds. The second-order valence-corrected chi connectivity index (χ2v) is 4.72. The Morgan fingerprint density at radius 1 is 0.905 bits per heavy atom. The van der Waals surface area contributed by atoms with Gasteiger partial charge in [-0.25, -0.2) is 4.79 Å². The lowest BCUT2D eigenvalue weighted by molar-refractivity contribution is 0.0697. The van der Waals surface area contributed by atoms with E-state index in [4.69, 9.17) is 5.11 Å². The summed E-state index contributed by atoms with van der Waals surface area (Å²) in [5.74, 6) is -0.931. The topological polar surface area (TPSA) is 49.7 Å². The van der Waals surface area contributed by atoms with E-state index in [1.807, 2.05) is 18.2 Å². The van der Waals surface area contributed by atoms with Gasteiger partial charge in [0, 0.05) is 6.21 Å². The van der Waals surface area contributed by atoms with Gasteiger partial charge in [-0.3, -0.25) is 4.99 Å². The van der Waals surface area contributed by atoms with Crippen molar-refractivity contribution < 1.29 is 9.90 Å². The molecule has 0 saturated heterocycles. The number of benzene rings is 3. The first-order valence-corrected chi connectivity index (χ1v) is 6.58. The van der Waals surface area contributed by atoms with Crippen LogP contribution in [0.2, 0.25) is 0 Å². The zero-order chi connectivity index (χ0) is 14.7. The second-order valence-electron chi connectivity index (χ2n) is 4.72. The lowest BCUT2D eigenvalue weighted by Crippen LogP contribution is -1.94. The van der Waals surface area contributed by atoms with E-state index in [-0.39, 0.29) is 5.56 Å². The summed E-state index contributed by atoms with van der Waals surface area (Å²) in [6.07, 6.45) is 1.78. The molecule has 0 bridgehead atoms. The third kappa shape index (κ3) is 2.98. The number of nitrogens with zero attached hydrogens (tertiary/aromatic N) is 1. The van der Waals surface area contributed by atoms with E-state index in [1.54, 1.807) is 30.5 Å². The molecule has 0 saturated carbocycles. The third-order valence-corrected chi connectivity index (χ3v) is 3.25. The van der Waals surface area contributed by atoms with Crippen LogP contribution in [0.1, 0.15) is 15.9 Å². The van der Waals surface area contributed by atoms with Crippen LogP contribution in [-0.4, -0.2) is 17.3 Å². The van der Waals surface area contributed by atoms with Gasteiger partial charge < -0.3 is 5.11 Å². The Labute approximate surface area is 122 Å². The number of hydrogen-bond acceptors (Lipinski definition) is 2. The SMILES string of the molecule is O=C(O)c1ccc(N=Cc2ccc3ccccc3c2)cc1. The zero-order valence-electron chi connectivity index (χ0n) is 11.2. The Kier molecular flexibility index (Phi) is 3.48. The molecule has 102 valence electrons. The molecule has 0 aliphatic carbocycles. The van der Waals surface area contributed by atoms with Gasteiger partial charge >= 0.3 is 5.97 Å². The van der Waals surface area contributed by atoms with Crippen molar-refractivity contribution in [1.82, 2.24) is 0 Å². The first-order chi connectivity index (χ1) is 10.2. The monoisotopic (exact) mass is 275 g/mol. The summed E-state index contributed by atoms with van der Waals surface area (Å²) in [5.41, 5.74) is 2.00. The van der Waals surface area contributed by atoms with Gasteiger partial charge in [-0.2, -0.15) is 0 Å². The smallest absolute Gasteiger partial charge is 0.335 e. The molecule has 0 aliphatic heterocycles. The molecule has 3 rings (SSSR count). The Morgan fingerprint density at radius 3 is 2.33 bits per heavy atom. The Hall–Kier alpha value is -2.94. The summed E-state index contributed by atoms with van der Waals surface area (Å²) >= 11 is 0. The normalized spacial score (nSPS) is 11.0. The van der Waals surface area contributed by atoms with Gasteiger partial charge in [0.25, 0.3) is 0 Å². The molecule has 0 atom stereocenters. The lowest BCUT2D eigenvalue weighted by atomic mass is 10.1. The van der Waals surface area contributed by atoms with E-state index in [0.717, 1.165) is 11.3 Å². The Balaban J connectivity index is 1.85. The number of carbonyl (C=O) groups is 1. The molecular formula is C18H13NO2. The number of carboxylic acids is 1. The van der Waals surface area contributed by atoms with Crippen LogP contribution < -0.4 is 0 Å². The van der Waals surface area contributed by atoms with Crippen LogP contribution >= 0.6 is 0 Å². The molecule has 0 unspecified atom stereocenters. The second kappa shape index (κ2) is 5.59. The molecule has 3 heteroatoms. The summed E-state index contributed by atoms with van der Waals surface area (Å²) in [7, 11) is 0. The minimum atomic E-state index is -0.931. The summed E-state index contributed by atoms with van der Waals surface area (Å²) < 4.78 is 0. The lowest BCUT2D eigenvalue weighted by Gasteiger charge is -1.99. The van der Waals surface area contributed by atoms with Crippen molar-refractivity contribution in [2.75, 3.05) is 0 Å². The molecule has 0 heterocycles. The van der Waals surface area contributed by atoms with Gasteiger partial charge in [0.15, 0.2) is 0 Å². The van der Waals surface area contributed by atoms with Crippen molar-refractivity contribution in [3.8, 4) is 0 Å². The molecule has 0 aromatic heterocycles. The molecule has 0 fully saturated rings. The van der Waals surface area contributed by atoms with Gasteiger partial charge in [0.1, 0.15) is 0 Å². The van der Waals surface area contributed by atoms with Crippen molar-refractivity contribution in [2.24, 2.45) is 4.99 Å². The quantitative estimate of drug-likeness (QED) is 0.725. The highest BCUT2D eigenvalue weighted by Gasteiger charge is 2.00.